The van der Waals surface area contributed by atoms with Crippen molar-refractivity contribution in [2.75, 3.05) is 15.1 Å². The zero-order chi connectivity index (χ0) is 53.0. The highest BCUT2D eigenvalue weighted by Gasteiger charge is 2.39. The zero-order valence-corrected chi connectivity index (χ0v) is 47.2. The molecule has 0 unspecified atom stereocenters. The Morgan fingerprint density at radius 2 is 0.987 bits per heavy atom. The third-order valence-corrected chi connectivity index (χ3v) is 16.9. The van der Waals surface area contributed by atoms with Gasteiger partial charge in [-0.3, -0.25) is 0 Å². The number of hydrogen-bond donors (Lipinski definition) is 1. The molecule has 378 valence electrons. The number of aryl methyl sites for hydroxylation is 1. The molecule has 0 bridgehead atoms. The summed E-state index contributed by atoms with van der Waals surface area (Å²) in [5.41, 5.74) is 22.9. The second-order valence-corrected chi connectivity index (χ2v) is 26.3. The van der Waals surface area contributed by atoms with Crippen LogP contribution >= 0.6 is 0 Å². The Morgan fingerprint density at radius 1 is 0.480 bits per heavy atom. The quantitative estimate of drug-likeness (QED) is 0.161. The molecule has 9 aromatic rings. The summed E-state index contributed by atoms with van der Waals surface area (Å²) in [5, 5.41) is 8.94. The minimum absolute atomic E-state index is 0.0249. The SMILES string of the molecule is Cc1cc2c(cc1N1c3cc(N(c4ccc(C(C)(C)C)cc4)c4ccc(C(C)(C)C)cc4)ccc3Bc3c1cc1ccccc1c3-c1ccc3ccccc3c1Nc1ccc(C(C)(C)C)cc1)C(C)(C)CCC2(C)C. The number of nitrogens with one attached hydrogen (secondary N) is 1. The molecule has 0 saturated carbocycles. The lowest BCUT2D eigenvalue weighted by atomic mass is 9.57. The van der Waals surface area contributed by atoms with Crippen LogP contribution in [0.5, 0.6) is 0 Å². The van der Waals surface area contributed by atoms with Crippen LogP contribution in [0.3, 0.4) is 0 Å². The van der Waals surface area contributed by atoms with E-state index in [2.05, 4.69) is 282 Å². The Balaban J connectivity index is 1.18. The van der Waals surface area contributed by atoms with Crippen LogP contribution in [0, 0.1) is 6.92 Å². The van der Waals surface area contributed by atoms with E-state index < -0.39 is 0 Å². The molecule has 0 fully saturated rings. The Bertz CT molecular complexity index is 3590. The normalized spacial score (nSPS) is 15.0. The fourth-order valence-corrected chi connectivity index (χ4v) is 12.1. The van der Waals surface area contributed by atoms with Gasteiger partial charge >= 0.3 is 0 Å². The van der Waals surface area contributed by atoms with Crippen molar-refractivity contribution in [2.24, 2.45) is 0 Å². The van der Waals surface area contributed by atoms with Gasteiger partial charge in [-0.05, 0) is 168 Å². The highest BCUT2D eigenvalue weighted by molar-refractivity contribution is 6.74. The topological polar surface area (TPSA) is 18.5 Å². The molecule has 1 heterocycles. The van der Waals surface area contributed by atoms with Crippen molar-refractivity contribution in [1.29, 1.82) is 0 Å². The maximum absolute atomic E-state index is 4.04. The number of rotatable bonds is 7. The van der Waals surface area contributed by atoms with Gasteiger partial charge in [-0.15, -0.1) is 0 Å². The van der Waals surface area contributed by atoms with Crippen molar-refractivity contribution in [2.45, 2.75) is 137 Å². The second kappa shape index (κ2) is 18.1. The summed E-state index contributed by atoms with van der Waals surface area (Å²) in [6, 6.07) is 65.1. The molecule has 1 N–H and O–H groups in total. The van der Waals surface area contributed by atoms with Gasteiger partial charge in [0.1, 0.15) is 0 Å². The second-order valence-electron chi connectivity index (χ2n) is 26.3. The minimum atomic E-state index is 0.0249. The average molecular weight is 982 g/mol. The van der Waals surface area contributed by atoms with Crippen LogP contribution in [-0.4, -0.2) is 7.28 Å². The monoisotopic (exact) mass is 982 g/mol. The summed E-state index contributed by atoms with van der Waals surface area (Å²) in [7, 11) is 0.775. The van der Waals surface area contributed by atoms with Gasteiger partial charge in [0, 0.05) is 50.8 Å². The van der Waals surface area contributed by atoms with Crippen molar-refractivity contribution in [1.82, 2.24) is 0 Å². The first-order chi connectivity index (χ1) is 35.5. The van der Waals surface area contributed by atoms with Gasteiger partial charge in [-0.25, -0.2) is 0 Å². The largest absolute Gasteiger partial charge is 0.355 e. The van der Waals surface area contributed by atoms with Gasteiger partial charge in [-0.1, -0.05) is 205 Å². The van der Waals surface area contributed by atoms with E-state index >= 15 is 0 Å². The van der Waals surface area contributed by atoms with Gasteiger partial charge in [-0.2, -0.15) is 0 Å². The van der Waals surface area contributed by atoms with Crippen LogP contribution < -0.4 is 26.0 Å². The summed E-state index contributed by atoms with van der Waals surface area (Å²) in [6.45, 7) is 32.8. The van der Waals surface area contributed by atoms with Crippen molar-refractivity contribution in [3.05, 3.63) is 203 Å². The fourth-order valence-electron chi connectivity index (χ4n) is 12.1. The van der Waals surface area contributed by atoms with Crippen molar-refractivity contribution < 1.29 is 0 Å². The number of benzene rings is 9. The lowest BCUT2D eigenvalue weighted by molar-refractivity contribution is 0.332. The van der Waals surface area contributed by atoms with Crippen molar-refractivity contribution in [3.63, 3.8) is 0 Å². The first kappa shape index (κ1) is 50.1. The molecule has 0 aromatic heterocycles. The summed E-state index contributed by atoms with van der Waals surface area (Å²) in [4.78, 5) is 5.12. The summed E-state index contributed by atoms with van der Waals surface area (Å²) < 4.78 is 0. The molecule has 0 saturated heterocycles. The summed E-state index contributed by atoms with van der Waals surface area (Å²) in [5.74, 6) is 0. The molecule has 1 aliphatic heterocycles. The molecule has 75 heavy (non-hydrogen) atoms. The molecular weight excluding hydrogens is 906 g/mol. The molecule has 9 aromatic carbocycles. The minimum Gasteiger partial charge on any atom is -0.355 e. The molecule has 4 heteroatoms. The van der Waals surface area contributed by atoms with E-state index in [0.717, 1.165) is 42.1 Å². The predicted octanol–water partition coefficient (Wildman–Crippen LogP) is 18.6. The number of fused-ring (bicyclic) bond motifs is 5. The molecule has 11 rings (SSSR count). The molecular formula is C71H76BN3. The van der Waals surface area contributed by atoms with E-state index in [1.165, 1.54) is 100 Å². The van der Waals surface area contributed by atoms with Crippen LogP contribution in [0.2, 0.25) is 0 Å². The predicted molar refractivity (Wildman–Crippen MR) is 329 cm³/mol. The van der Waals surface area contributed by atoms with E-state index in [-0.39, 0.29) is 27.1 Å². The van der Waals surface area contributed by atoms with Gasteiger partial charge < -0.3 is 15.1 Å². The first-order valence-electron chi connectivity index (χ1n) is 27.5. The Kier molecular flexibility index (Phi) is 12.1. The van der Waals surface area contributed by atoms with Crippen LogP contribution in [0.15, 0.2) is 170 Å². The molecule has 0 radical (unpaired) electrons. The average Bonchev–Trinajstić information content (AvgIpc) is 3.38. The maximum atomic E-state index is 4.04. The van der Waals surface area contributed by atoms with Crippen LogP contribution in [0.25, 0.3) is 32.7 Å². The molecule has 0 atom stereocenters. The summed E-state index contributed by atoms with van der Waals surface area (Å²) in [6.07, 6.45) is 2.32. The molecule has 1 aliphatic carbocycles. The van der Waals surface area contributed by atoms with Gasteiger partial charge in [0.25, 0.3) is 0 Å². The lowest BCUT2D eigenvalue weighted by Gasteiger charge is -2.44. The van der Waals surface area contributed by atoms with E-state index in [0.29, 0.717) is 0 Å². The number of nitrogens with zero attached hydrogens (tertiary/aromatic N) is 2. The van der Waals surface area contributed by atoms with Gasteiger partial charge in [0.2, 0.25) is 0 Å². The third-order valence-electron chi connectivity index (χ3n) is 16.9. The Labute approximate surface area is 449 Å². The number of anilines is 8. The fraction of sp³-hybridized carbons (Fsp3) is 0.296. The van der Waals surface area contributed by atoms with Gasteiger partial charge in [0.15, 0.2) is 7.28 Å². The van der Waals surface area contributed by atoms with Crippen molar-refractivity contribution in [3.8, 4) is 11.1 Å². The molecule has 3 nitrogen and oxygen atoms in total. The van der Waals surface area contributed by atoms with E-state index in [9.17, 15) is 0 Å². The van der Waals surface area contributed by atoms with Crippen LogP contribution in [0.1, 0.15) is 136 Å². The highest BCUT2D eigenvalue weighted by Crippen LogP contribution is 2.51. The lowest BCUT2D eigenvalue weighted by Crippen LogP contribution is -2.41. The zero-order valence-electron chi connectivity index (χ0n) is 47.2. The van der Waals surface area contributed by atoms with E-state index in [1.807, 2.05) is 0 Å². The molecule has 0 amide bonds. The maximum Gasteiger partial charge on any atom is 0.198 e. The first-order valence-corrected chi connectivity index (χ1v) is 27.5. The van der Waals surface area contributed by atoms with Crippen LogP contribution in [-0.2, 0) is 27.1 Å². The number of hydrogen-bond acceptors (Lipinski definition) is 3. The van der Waals surface area contributed by atoms with Gasteiger partial charge in [0.05, 0.1) is 5.69 Å². The van der Waals surface area contributed by atoms with Crippen molar-refractivity contribution >= 4 is 85.2 Å². The highest BCUT2D eigenvalue weighted by atomic mass is 15.2. The van der Waals surface area contributed by atoms with Crippen LogP contribution in [0.4, 0.5) is 45.5 Å². The summed E-state index contributed by atoms with van der Waals surface area (Å²) >= 11 is 0. The standard InChI is InChI=1S/C71H76BN3/c1-45-41-58-59(71(13,14)40-39-70(58,11)12)44-61(45)75-62-43-54(74(52-32-26-49(27-33-52)68(5,6)7)53-34-28-50(29-35-53)69(8,9)10)36-38-60(62)72-65-63(75)42-47-20-16-17-21-55(47)64(65)57-37-23-46-19-15-18-22-56(46)66(57)73-51-30-24-48(25-31-51)67(2,3)4/h15-38,41-44,72-73H,39-40H2,1-14H3. The van der Waals surface area contributed by atoms with E-state index in [1.54, 1.807) is 0 Å². The Morgan fingerprint density at radius 3 is 1.56 bits per heavy atom. The smallest absolute Gasteiger partial charge is 0.198 e. The molecule has 0 spiro atoms. The molecule has 2 aliphatic rings. The van der Waals surface area contributed by atoms with E-state index in [4.69, 9.17) is 0 Å². The third kappa shape index (κ3) is 9.13. The Hall–Kier alpha value is -7.04.